The van der Waals surface area contributed by atoms with E-state index in [1.165, 1.54) is 7.11 Å². The number of aldehydes is 1. The number of ether oxygens (including phenoxy) is 4. The van der Waals surface area contributed by atoms with Gasteiger partial charge in [-0.3, -0.25) is 9.59 Å². The lowest BCUT2D eigenvalue weighted by molar-refractivity contribution is -0.254. The van der Waals surface area contributed by atoms with Crippen LogP contribution in [-0.2, 0) is 9.57 Å². The van der Waals surface area contributed by atoms with E-state index in [1.54, 1.807) is 24.3 Å². The van der Waals surface area contributed by atoms with E-state index in [1.807, 2.05) is 86.3 Å². The van der Waals surface area contributed by atoms with Crippen molar-refractivity contribution >= 4 is 28.7 Å². The third-order valence-corrected chi connectivity index (χ3v) is 12.7. The fourth-order valence-corrected chi connectivity index (χ4v) is 10.0. The van der Waals surface area contributed by atoms with Crippen molar-refractivity contribution in [1.29, 1.82) is 0 Å². The minimum atomic E-state index is -1.40. The minimum Gasteiger partial charge on any atom is -0.496 e. The molecule has 11 heteroatoms. The quantitative estimate of drug-likeness (QED) is 0.0385. The molecule has 340 valence electrons. The van der Waals surface area contributed by atoms with Crippen LogP contribution < -0.4 is 14.2 Å². The predicted molar refractivity (Wildman–Crippen MR) is 250 cm³/mol. The van der Waals surface area contributed by atoms with Crippen LogP contribution in [0.4, 0.5) is 0 Å². The molecule has 4 aromatic carbocycles. The SMILES string of the molecule is C=CCO[C@@]12Oc3ccc(Oc4ccc(OC)c(C=O)c4)cc3[C@H]3[C@H](CCCCO)[C@@H](CCCCO)C=C(C(=NOC(C)(C)C)C[C@@H]1N(CCC)C(=O)c1ccc4ccccc4c1)[C@H]32. The molecule has 1 saturated carbocycles. The Morgan fingerprint density at radius 2 is 1.69 bits per heavy atom. The van der Waals surface area contributed by atoms with Crippen molar-refractivity contribution in [2.45, 2.75) is 102 Å². The molecule has 0 radical (unpaired) electrons. The monoisotopic (exact) mass is 872 g/mol. The van der Waals surface area contributed by atoms with Gasteiger partial charge in [0, 0.05) is 43.2 Å². The summed E-state index contributed by atoms with van der Waals surface area (Å²) in [5.41, 5.74) is 2.96. The maximum atomic E-state index is 15.2. The van der Waals surface area contributed by atoms with E-state index < -0.39 is 23.3 Å². The summed E-state index contributed by atoms with van der Waals surface area (Å²) >= 11 is 0. The molecular weight excluding hydrogens is 809 g/mol. The largest absolute Gasteiger partial charge is 0.496 e. The average Bonchev–Trinajstić information content (AvgIpc) is 3.30. The topological polar surface area (TPSA) is 136 Å². The van der Waals surface area contributed by atoms with Gasteiger partial charge in [0.2, 0.25) is 5.79 Å². The molecule has 7 rings (SSSR count). The highest BCUT2D eigenvalue weighted by Gasteiger charge is 2.65. The normalized spacial score (nSPS) is 23.0. The van der Waals surface area contributed by atoms with Crippen molar-refractivity contribution in [2.24, 2.45) is 22.9 Å². The van der Waals surface area contributed by atoms with Crippen molar-refractivity contribution in [3.05, 3.63) is 120 Å². The van der Waals surface area contributed by atoms with E-state index in [-0.39, 0.29) is 43.5 Å². The van der Waals surface area contributed by atoms with Crippen LogP contribution in [0, 0.1) is 17.8 Å². The summed E-state index contributed by atoms with van der Waals surface area (Å²) in [7, 11) is 1.52. The van der Waals surface area contributed by atoms with Crippen LogP contribution in [0.1, 0.15) is 111 Å². The molecule has 1 heterocycles. The number of carbonyl (C=O) groups excluding carboxylic acids is 2. The number of allylic oxidation sites excluding steroid dienone is 1. The maximum Gasteiger partial charge on any atom is 0.254 e. The second-order valence-corrected chi connectivity index (χ2v) is 18.2. The number of aliphatic hydroxyl groups excluding tert-OH is 2. The lowest BCUT2D eigenvalue weighted by Crippen LogP contribution is -2.70. The van der Waals surface area contributed by atoms with Crippen LogP contribution in [0.5, 0.6) is 23.0 Å². The van der Waals surface area contributed by atoms with Gasteiger partial charge >= 0.3 is 0 Å². The minimum absolute atomic E-state index is 0.0330. The number of hydrogen-bond donors (Lipinski definition) is 2. The first kappa shape index (κ1) is 46.5. The van der Waals surface area contributed by atoms with Crippen LogP contribution in [0.25, 0.3) is 10.8 Å². The smallest absolute Gasteiger partial charge is 0.254 e. The first-order valence-corrected chi connectivity index (χ1v) is 22.9. The van der Waals surface area contributed by atoms with Gasteiger partial charge in [-0.1, -0.05) is 67.4 Å². The number of unbranched alkanes of at least 4 members (excludes halogenated alkanes) is 2. The van der Waals surface area contributed by atoms with Gasteiger partial charge in [0.15, 0.2) is 6.29 Å². The fourth-order valence-electron chi connectivity index (χ4n) is 10.0. The number of nitrogens with zero attached hydrogens (tertiary/aromatic N) is 2. The number of carbonyl (C=O) groups is 2. The summed E-state index contributed by atoms with van der Waals surface area (Å²) in [6.07, 6.45) is 10.3. The third-order valence-electron chi connectivity index (χ3n) is 12.7. The molecule has 1 aliphatic heterocycles. The number of fused-ring (bicyclic) bond motifs is 3. The molecule has 0 aromatic heterocycles. The molecule has 0 bridgehead atoms. The number of benzene rings is 4. The molecule has 4 aromatic rings. The van der Waals surface area contributed by atoms with Gasteiger partial charge in [-0.05, 0) is 130 Å². The first-order valence-electron chi connectivity index (χ1n) is 22.9. The Balaban J connectivity index is 1.46. The summed E-state index contributed by atoms with van der Waals surface area (Å²) < 4.78 is 26.5. The Morgan fingerprint density at radius 1 is 0.953 bits per heavy atom. The summed E-state index contributed by atoms with van der Waals surface area (Å²) in [5.74, 6) is -0.0495. The fraction of sp³-hybridized carbons (Fsp3) is 0.453. The van der Waals surface area contributed by atoms with Gasteiger partial charge in [0.25, 0.3) is 5.91 Å². The molecule has 64 heavy (non-hydrogen) atoms. The van der Waals surface area contributed by atoms with Gasteiger partial charge < -0.3 is 38.9 Å². The Morgan fingerprint density at radius 3 is 2.39 bits per heavy atom. The molecule has 1 amide bonds. The summed E-state index contributed by atoms with van der Waals surface area (Å²) in [5, 5.41) is 27.0. The van der Waals surface area contributed by atoms with E-state index in [4.69, 9.17) is 28.9 Å². The van der Waals surface area contributed by atoms with Gasteiger partial charge in [0.05, 0.1) is 30.9 Å². The van der Waals surface area contributed by atoms with Crippen LogP contribution >= 0.6 is 0 Å². The number of hydrogen-bond acceptors (Lipinski definition) is 10. The van der Waals surface area contributed by atoms with Gasteiger partial charge in [0.1, 0.15) is 34.6 Å². The molecule has 0 saturated heterocycles. The molecule has 0 spiro atoms. The number of methoxy groups -OCH3 is 1. The number of oxime groups is 1. The summed E-state index contributed by atoms with van der Waals surface area (Å²) in [6, 6.07) is 24.2. The van der Waals surface area contributed by atoms with Crippen LogP contribution in [0.3, 0.4) is 0 Å². The standard InChI is InChI=1S/C53H64N2O9/c1-7-25-55(51(59)38-20-19-35-15-9-10-16-36(35)29-38)48-33-45(54-64-52(3,4)5)43-31-37(17-11-13-26-56)42(18-12-14-27-57)49-44-32-41(62-40-21-23-46(60-6)39(30-40)34-58)22-24-47(44)63-53(48,50(43)49)61-28-8-2/h8-10,15-16,19-24,29-32,34,37,42,48-50,56-57H,2,7,11-14,17-18,25-28,33H2,1,3-6H3/t37-,42+,48-,49+,50+,53+/m0/s1. The van der Waals surface area contributed by atoms with E-state index in [0.717, 1.165) is 59.6 Å². The van der Waals surface area contributed by atoms with E-state index >= 15 is 4.79 Å². The zero-order valence-electron chi connectivity index (χ0n) is 38.0. The van der Waals surface area contributed by atoms with Crippen LogP contribution in [0.2, 0.25) is 0 Å². The van der Waals surface area contributed by atoms with E-state index in [9.17, 15) is 15.0 Å². The van der Waals surface area contributed by atoms with E-state index in [0.29, 0.717) is 66.4 Å². The van der Waals surface area contributed by atoms with E-state index in [2.05, 4.69) is 19.6 Å². The molecule has 11 nitrogen and oxygen atoms in total. The van der Waals surface area contributed by atoms with Gasteiger partial charge in [-0.25, -0.2) is 0 Å². The third kappa shape index (κ3) is 9.77. The van der Waals surface area contributed by atoms with Crippen molar-refractivity contribution in [1.82, 2.24) is 4.90 Å². The first-order chi connectivity index (χ1) is 31.0. The lowest BCUT2D eigenvalue weighted by Gasteiger charge is -2.60. The Hall–Kier alpha value is -5.49. The highest BCUT2D eigenvalue weighted by Crippen LogP contribution is 2.62. The highest BCUT2D eigenvalue weighted by atomic mass is 16.7. The number of rotatable bonds is 20. The molecule has 6 atom stereocenters. The van der Waals surface area contributed by atoms with Crippen molar-refractivity contribution < 1.29 is 43.6 Å². The Kier molecular flexibility index (Phi) is 14.9. The second-order valence-electron chi connectivity index (χ2n) is 18.2. The van der Waals surface area contributed by atoms with Crippen LogP contribution in [-0.4, -0.2) is 83.9 Å². The second kappa shape index (κ2) is 20.6. The summed E-state index contributed by atoms with van der Waals surface area (Å²) in [4.78, 5) is 35.5. The Labute approximate surface area is 377 Å². The maximum absolute atomic E-state index is 15.2. The van der Waals surface area contributed by atoms with Crippen LogP contribution in [0.15, 0.2) is 108 Å². The zero-order valence-corrected chi connectivity index (χ0v) is 38.0. The van der Waals surface area contributed by atoms with Gasteiger partial charge in [-0.15, -0.1) is 6.58 Å². The summed E-state index contributed by atoms with van der Waals surface area (Å²) in [6.45, 7) is 12.8. The Bertz CT molecular complexity index is 2350. The average molecular weight is 873 g/mol. The number of amides is 1. The highest BCUT2D eigenvalue weighted by molar-refractivity contribution is 6.04. The molecular formula is C53H64N2O9. The number of aliphatic hydroxyl groups is 2. The van der Waals surface area contributed by atoms with Crippen molar-refractivity contribution in [2.75, 3.05) is 33.5 Å². The van der Waals surface area contributed by atoms with Crippen molar-refractivity contribution in [3.63, 3.8) is 0 Å². The van der Waals surface area contributed by atoms with Gasteiger partial charge in [-0.2, -0.15) is 0 Å². The molecule has 2 N–H and O–H groups in total. The molecule has 3 aliphatic rings. The molecule has 1 fully saturated rings. The molecule has 0 unspecified atom stereocenters. The lowest BCUT2D eigenvalue weighted by atomic mass is 9.55. The zero-order chi connectivity index (χ0) is 45.4. The van der Waals surface area contributed by atoms with Crippen molar-refractivity contribution in [3.8, 4) is 23.0 Å². The molecule has 2 aliphatic carbocycles. The predicted octanol–water partition coefficient (Wildman–Crippen LogP) is 10.4.